The Bertz CT molecular complexity index is 415. The fourth-order valence-corrected chi connectivity index (χ4v) is 2.62. The fraction of sp³-hybridized carbons (Fsp3) is 0.562. The maximum Gasteiger partial charge on any atom is 0.0438 e. The summed E-state index contributed by atoms with van der Waals surface area (Å²) in [6.07, 6.45) is 4.70. The second kappa shape index (κ2) is 6.14. The van der Waals surface area contributed by atoms with Gasteiger partial charge in [0, 0.05) is 23.9 Å². The molecule has 1 aromatic rings. The van der Waals surface area contributed by atoms with E-state index in [-0.39, 0.29) is 0 Å². The molecule has 0 unspecified atom stereocenters. The Morgan fingerprint density at radius 3 is 2.72 bits per heavy atom. The molecule has 98 valence electrons. The summed E-state index contributed by atoms with van der Waals surface area (Å²) in [5.41, 5.74) is 3.90. The molecule has 1 saturated heterocycles. The van der Waals surface area contributed by atoms with Crippen molar-refractivity contribution < 1.29 is 0 Å². The molecule has 2 heteroatoms. The van der Waals surface area contributed by atoms with Crippen LogP contribution in [0.4, 0.5) is 0 Å². The lowest BCUT2D eigenvalue weighted by Gasteiger charge is -2.32. The third kappa shape index (κ3) is 3.42. The maximum atomic E-state index is 4.67. The number of nitrogens with zero attached hydrogens (tertiary/aromatic N) is 2. The summed E-state index contributed by atoms with van der Waals surface area (Å²) < 4.78 is 0. The van der Waals surface area contributed by atoms with Gasteiger partial charge in [-0.25, -0.2) is 0 Å². The van der Waals surface area contributed by atoms with Crippen molar-refractivity contribution in [3.8, 4) is 0 Å². The summed E-state index contributed by atoms with van der Waals surface area (Å²) >= 11 is 0. The molecule has 0 spiro atoms. The Labute approximate surface area is 111 Å². The van der Waals surface area contributed by atoms with Crippen LogP contribution in [0.15, 0.2) is 29.8 Å². The predicted octanol–water partition coefficient (Wildman–Crippen LogP) is 3.54. The second-order valence-electron chi connectivity index (χ2n) is 5.39. The molecular formula is C16H24N2. The van der Waals surface area contributed by atoms with Crippen molar-refractivity contribution in [1.29, 1.82) is 0 Å². The number of aryl methyl sites for hydroxylation is 1. The highest BCUT2D eigenvalue weighted by Crippen LogP contribution is 2.26. The second-order valence-corrected chi connectivity index (χ2v) is 5.39. The number of aromatic nitrogens is 1. The van der Waals surface area contributed by atoms with E-state index in [1.807, 2.05) is 0 Å². The molecule has 0 atom stereocenters. The van der Waals surface area contributed by atoms with E-state index in [1.165, 1.54) is 37.2 Å². The van der Waals surface area contributed by atoms with Gasteiger partial charge in [-0.2, -0.15) is 0 Å². The Hall–Kier alpha value is -1.15. The van der Waals surface area contributed by atoms with Crippen molar-refractivity contribution in [3.63, 3.8) is 0 Å². The summed E-state index contributed by atoms with van der Waals surface area (Å²) in [5.74, 6) is 0.659. The average molecular weight is 244 g/mol. The van der Waals surface area contributed by atoms with Gasteiger partial charge in [0.25, 0.3) is 0 Å². The molecular weight excluding hydrogens is 220 g/mol. The zero-order valence-electron chi connectivity index (χ0n) is 11.8. The van der Waals surface area contributed by atoms with Gasteiger partial charge in [-0.1, -0.05) is 17.7 Å². The minimum absolute atomic E-state index is 0.659. The van der Waals surface area contributed by atoms with Crippen molar-refractivity contribution in [2.45, 2.75) is 39.5 Å². The molecule has 0 saturated carbocycles. The van der Waals surface area contributed by atoms with Gasteiger partial charge in [-0.15, -0.1) is 0 Å². The predicted molar refractivity (Wildman–Crippen MR) is 76.8 cm³/mol. The minimum Gasteiger partial charge on any atom is -0.299 e. The highest BCUT2D eigenvalue weighted by Gasteiger charge is 2.21. The molecule has 0 amide bonds. The van der Waals surface area contributed by atoms with Gasteiger partial charge in [0.2, 0.25) is 0 Å². The van der Waals surface area contributed by atoms with Crippen LogP contribution in [0.1, 0.15) is 44.0 Å². The Morgan fingerprint density at radius 1 is 1.39 bits per heavy atom. The molecule has 0 N–H and O–H groups in total. The number of hydrogen-bond acceptors (Lipinski definition) is 2. The third-order valence-electron chi connectivity index (χ3n) is 3.88. The minimum atomic E-state index is 0.659. The van der Waals surface area contributed by atoms with E-state index in [2.05, 4.69) is 54.9 Å². The average Bonchev–Trinajstić information content (AvgIpc) is 2.39. The van der Waals surface area contributed by atoms with E-state index in [0.29, 0.717) is 5.92 Å². The van der Waals surface area contributed by atoms with Crippen molar-refractivity contribution in [2.24, 2.45) is 0 Å². The van der Waals surface area contributed by atoms with Crippen LogP contribution in [0, 0.1) is 6.92 Å². The molecule has 1 aliphatic heterocycles. The number of hydrogen-bond donors (Lipinski definition) is 0. The molecule has 0 bridgehead atoms. The van der Waals surface area contributed by atoms with Gasteiger partial charge < -0.3 is 0 Å². The molecule has 0 aliphatic carbocycles. The topological polar surface area (TPSA) is 16.1 Å². The molecule has 18 heavy (non-hydrogen) atoms. The van der Waals surface area contributed by atoms with E-state index in [1.54, 1.807) is 0 Å². The smallest absolute Gasteiger partial charge is 0.0438 e. The van der Waals surface area contributed by atoms with Crippen LogP contribution in [-0.2, 0) is 0 Å². The third-order valence-corrected chi connectivity index (χ3v) is 3.88. The molecule has 1 fully saturated rings. The van der Waals surface area contributed by atoms with Crippen LogP contribution in [0.25, 0.3) is 0 Å². The molecule has 0 radical (unpaired) electrons. The monoisotopic (exact) mass is 244 g/mol. The van der Waals surface area contributed by atoms with Crippen molar-refractivity contribution in [3.05, 3.63) is 41.2 Å². The van der Waals surface area contributed by atoms with E-state index >= 15 is 0 Å². The highest BCUT2D eigenvalue weighted by atomic mass is 15.1. The summed E-state index contributed by atoms with van der Waals surface area (Å²) in [4.78, 5) is 7.23. The highest BCUT2D eigenvalue weighted by molar-refractivity contribution is 5.15. The van der Waals surface area contributed by atoms with Crippen LogP contribution >= 0.6 is 0 Å². The Balaban J connectivity index is 1.90. The standard InChI is InChI=1S/C16H24N2/c1-4-13(2)12-18-10-8-15(9-11-18)16-7-5-6-14(3)17-16/h4-7,15H,8-12H2,1-3H3. The van der Waals surface area contributed by atoms with Crippen molar-refractivity contribution in [1.82, 2.24) is 9.88 Å². The van der Waals surface area contributed by atoms with E-state index < -0.39 is 0 Å². The number of pyridine rings is 1. The lowest BCUT2D eigenvalue weighted by molar-refractivity contribution is 0.226. The summed E-state index contributed by atoms with van der Waals surface area (Å²) in [5, 5.41) is 0. The fourth-order valence-electron chi connectivity index (χ4n) is 2.62. The van der Waals surface area contributed by atoms with Crippen LogP contribution in [0.3, 0.4) is 0 Å². The first kappa shape index (κ1) is 13.3. The van der Waals surface area contributed by atoms with Crippen molar-refractivity contribution >= 4 is 0 Å². The van der Waals surface area contributed by atoms with Gasteiger partial charge in [0.05, 0.1) is 0 Å². The number of likely N-dealkylation sites (tertiary alicyclic amines) is 1. The Morgan fingerprint density at radius 2 is 2.11 bits per heavy atom. The van der Waals surface area contributed by atoms with Crippen LogP contribution in [0.2, 0.25) is 0 Å². The number of allylic oxidation sites excluding steroid dienone is 1. The van der Waals surface area contributed by atoms with Crippen LogP contribution < -0.4 is 0 Å². The summed E-state index contributed by atoms with van der Waals surface area (Å²) in [6.45, 7) is 9.95. The van der Waals surface area contributed by atoms with Gasteiger partial charge in [0.15, 0.2) is 0 Å². The van der Waals surface area contributed by atoms with Crippen molar-refractivity contribution in [2.75, 3.05) is 19.6 Å². The largest absolute Gasteiger partial charge is 0.299 e. The Kier molecular flexibility index (Phi) is 4.54. The van der Waals surface area contributed by atoms with E-state index in [9.17, 15) is 0 Å². The van der Waals surface area contributed by atoms with Gasteiger partial charge in [-0.05, 0) is 58.8 Å². The number of rotatable bonds is 3. The van der Waals surface area contributed by atoms with E-state index in [4.69, 9.17) is 0 Å². The summed E-state index contributed by atoms with van der Waals surface area (Å²) in [6, 6.07) is 6.40. The molecule has 1 aliphatic rings. The van der Waals surface area contributed by atoms with E-state index in [0.717, 1.165) is 12.2 Å². The van der Waals surface area contributed by atoms with Gasteiger partial charge in [-0.3, -0.25) is 9.88 Å². The van der Waals surface area contributed by atoms with Crippen LogP contribution in [-0.4, -0.2) is 29.5 Å². The maximum absolute atomic E-state index is 4.67. The van der Waals surface area contributed by atoms with Gasteiger partial charge >= 0.3 is 0 Å². The number of piperidine rings is 1. The summed E-state index contributed by atoms with van der Waals surface area (Å²) in [7, 11) is 0. The SMILES string of the molecule is CC=C(C)CN1CCC(c2cccc(C)n2)CC1. The lowest BCUT2D eigenvalue weighted by Crippen LogP contribution is -2.34. The molecule has 2 heterocycles. The quantitative estimate of drug-likeness (QED) is 0.756. The normalized spacial score (nSPS) is 19.2. The molecule has 1 aromatic heterocycles. The molecule has 2 nitrogen and oxygen atoms in total. The first-order chi connectivity index (χ1) is 8.69. The lowest BCUT2D eigenvalue weighted by atomic mass is 9.92. The van der Waals surface area contributed by atoms with Gasteiger partial charge in [0.1, 0.15) is 0 Å². The zero-order valence-corrected chi connectivity index (χ0v) is 11.8. The first-order valence-corrected chi connectivity index (χ1v) is 6.96. The molecule has 2 rings (SSSR count). The first-order valence-electron chi connectivity index (χ1n) is 6.96. The molecule has 0 aromatic carbocycles. The zero-order chi connectivity index (χ0) is 13.0. The van der Waals surface area contributed by atoms with Crippen LogP contribution in [0.5, 0.6) is 0 Å².